The zero-order valence-corrected chi connectivity index (χ0v) is 23.9. The summed E-state index contributed by atoms with van der Waals surface area (Å²) in [4.78, 5) is 0. The molecule has 0 radical (unpaired) electrons. The molecule has 0 aliphatic carbocycles. The molecule has 0 aliphatic rings. The molecule has 0 saturated carbocycles. The lowest BCUT2D eigenvalue weighted by atomic mass is 10.1. The number of hydrogen-bond donors (Lipinski definition) is 0. The molecule has 0 atom stereocenters. The highest BCUT2D eigenvalue weighted by Crippen LogP contribution is 2.12. The molecule has 0 spiro atoms. The minimum absolute atomic E-state index is 0. The van der Waals surface area contributed by atoms with Gasteiger partial charge in [-0.25, -0.2) is 0 Å². The van der Waals surface area contributed by atoms with Gasteiger partial charge >= 0.3 is 0 Å². The highest BCUT2D eigenvalue weighted by molar-refractivity contribution is 8.93. The Morgan fingerprint density at radius 1 is 0.286 bits per heavy atom. The first-order valence-corrected chi connectivity index (χ1v) is 7.41. The van der Waals surface area contributed by atoms with Crippen LogP contribution in [0.2, 0.25) is 0 Å². The van der Waals surface area contributed by atoms with Crippen LogP contribution >= 0.6 is 102 Å². The predicted molar refractivity (Wildman–Crippen MR) is 133 cm³/mol. The number of unbranched alkanes of at least 4 members (excludes halogenated alkanes) is 12. The molecule has 0 saturated heterocycles. The van der Waals surface area contributed by atoms with E-state index in [2.05, 4.69) is 13.8 Å². The Bertz CT molecular complexity index is 102. The lowest BCUT2D eigenvalue weighted by Crippen LogP contribution is -1.82. The van der Waals surface area contributed by atoms with Crippen molar-refractivity contribution in [3.63, 3.8) is 0 Å². The van der Waals surface area contributed by atoms with Gasteiger partial charge in [-0.15, -0.1) is 102 Å². The minimum atomic E-state index is 0. The lowest BCUT2D eigenvalue weighted by molar-refractivity contribution is 0.542. The van der Waals surface area contributed by atoms with Crippen LogP contribution in [-0.2, 0) is 0 Å². The van der Waals surface area contributed by atoms with Gasteiger partial charge in [0.2, 0.25) is 0 Å². The van der Waals surface area contributed by atoms with Crippen molar-refractivity contribution in [3.8, 4) is 0 Å². The Balaban J connectivity index is -0.0000000653. The van der Waals surface area contributed by atoms with E-state index < -0.39 is 0 Å². The van der Waals surface area contributed by atoms with Gasteiger partial charge in [0.25, 0.3) is 0 Å². The van der Waals surface area contributed by atoms with E-state index in [-0.39, 0.29) is 102 Å². The predicted octanol–water partition coefficient (Wildman–Crippen LogP) is 9.56. The Morgan fingerprint density at radius 3 is 0.571 bits per heavy atom. The molecule has 0 fully saturated rings. The molecule has 0 rings (SSSR count). The summed E-state index contributed by atoms with van der Waals surface area (Å²) in [7, 11) is 0. The fourth-order valence-corrected chi connectivity index (χ4v) is 2.09. The van der Waals surface area contributed by atoms with Crippen molar-refractivity contribution in [2.24, 2.45) is 0 Å². The summed E-state index contributed by atoms with van der Waals surface area (Å²) in [6.07, 6.45) is 18.9. The van der Waals surface area contributed by atoms with Gasteiger partial charge in [0, 0.05) is 0 Å². The van der Waals surface area contributed by atoms with Crippen molar-refractivity contribution in [2.75, 3.05) is 0 Å². The van der Waals surface area contributed by atoms with Crippen LogP contribution in [-0.4, -0.2) is 0 Å². The number of rotatable bonds is 12. The molecule has 0 bridgehead atoms. The standard InChI is InChI=1S/C15H32.6BrH/c1-3-5-7-9-11-13-15-14-12-10-8-6-4-2;;;;;;/h3-15H2,1-2H3;6*1H. The fourth-order valence-electron chi connectivity index (χ4n) is 2.09. The normalized spacial score (nSPS) is 7.71. The Kier molecular flexibility index (Phi) is 90.7. The summed E-state index contributed by atoms with van der Waals surface area (Å²) >= 11 is 0. The summed E-state index contributed by atoms with van der Waals surface area (Å²) in [5.74, 6) is 0. The average molecular weight is 698 g/mol. The molecule has 0 aromatic rings. The molecule has 0 aromatic carbocycles. The van der Waals surface area contributed by atoms with Crippen molar-refractivity contribution < 1.29 is 0 Å². The second-order valence-corrected chi connectivity index (χ2v) is 4.89. The van der Waals surface area contributed by atoms with Crippen LogP contribution in [0.5, 0.6) is 0 Å². The molecular formula is C15H38Br6. The van der Waals surface area contributed by atoms with E-state index in [4.69, 9.17) is 0 Å². The second-order valence-electron chi connectivity index (χ2n) is 4.89. The van der Waals surface area contributed by atoms with Crippen LogP contribution in [0.15, 0.2) is 0 Å². The minimum Gasteiger partial charge on any atom is -0.114 e. The van der Waals surface area contributed by atoms with E-state index in [0.29, 0.717) is 0 Å². The maximum Gasteiger partial charge on any atom is -0.0533 e. The van der Waals surface area contributed by atoms with Crippen molar-refractivity contribution in [1.82, 2.24) is 0 Å². The van der Waals surface area contributed by atoms with Crippen LogP contribution in [0.4, 0.5) is 0 Å². The fraction of sp³-hybridized carbons (Fsp3) is 1.00. The Hall–Kier alpha value is 2.88. The van der Waals surface area contributed by atoms with E-state index in [0.717, 1.165) is 0 Å². The lowest BCUT2D eigenvalue weighted by Gasteiger charge is -2.01. The summed E-state index contributed by atoms with van der Waals surface area (Å²) in [6.45, 7) is 4.58. The van der Waals surface area contributed by atoms with Crippen LogP contribution in [0, 0.1) is 0 Å². The molecule has 21 heavy (non-hydrogen) atoms. The first kappa shape index (κ1) is 43.9. The highest BCUT2D eigenvalue weighted by Gasteiger charge is 1.92. The van der Waals surface area contributed by atoms with E-state index >= 15 is 0 Å². The van der Waals surface area contributed by atoms with Crippen molar-refractivity contribution in [1.29, 1.82) is 0 Å². The molecule has 0 unspecified atom stereocenters. The van der Waals surface area contributed by atoms with Gasteiger partial charge in [-0.3, -0.25) is 0 Å². The van der Waals surface area contributed by atoms with Gasteiger partial charge in [-0.05, 0) is 0 Å². The van der Waals surface area contributed by atoms with Gasteiger partial charge in [0.15, 0.2) is 0 Å². The summed E-state index contributed by atoms with van der Waals surface area (Å²) in [5.41, 5.74) is 0. The third-order valence-corrected chi connectivity index (χ3v) is 3.21. The molecule has 140 valence electrons. The van der Waals surface area contributed by atoms with Gasteiger partial charge in [-0.2, -0.15) is 0 Å². The molecule has 0 amide bonds. The van der Waals surface area contributed by atoms with Crippen LogP contribution < -0.4 is 0 Å². The summed E-state index contributed by atoms with van der Waals surface area (Å²) < 4.78 is 0. The second kappa shape index (κ2) is 43.4. The van der Waals surface area contributed by atoms with E-state index in [9.17, 15) is 0 Å². The monoisotopic (exact) mass is 692 g/mol. The first-order valence-electron chi connectivity index (χ1n) is 7.41. The third kappa shape index (κ3) is 45.1. The maximum absolute atomic E-state index is 2.29. The SMILES string of the molecule is Br.Br.Br.Br.Br.Br.CCCCCCCCCCCCCCC. The Labute approximate surface area is 197 Å². The van der Waals surface area contributed by atoms with E-state index in [1.165, 1.54) is 83.5 Å². The molecule has 6 heteroatoms. The quantitative estimate of drug-likeness (QED) is 0.178. The van der Waals surface area contributed by atoms with Crippen LogP contribution in [0.3, 0.4) is 0 Å². The third-order valence-electron chi connectivity index (χ3n) is 3.21. The van der Waals surface area contributed by atoms with Crippen molar-refractivity contribution in [2.45, 2.75) is 97.3 Å². The largest absolute Gasteiger partial charge is 0.114 e. The van der Waals surface area contributed by atoms with E-state index in [1.807, 2.05) is 0 Å². The van der Waals surface area contributed by atoms with Gasteiger partial charge in [-0.1, -0.05) is 97.3 Å². The Morgan fingerprint density at radius 2 is 0.429 bits per heavy atom. The van der Waals surface area contributed by atoms with Crippen molar-refractivity contribution in [3.05, 3.63) is 0 Å². The highest BCUT2D eigenvalue weighted by atomic mass is 79.9. The van der Waals surface area contributed by atoms with Crippen LogP contribution in [0.1, 0.15) is 97.3 Å². The topological polar surface area (TPSA) is 0 Å². The molecule has 0 N–H and O–H groups in total. The molecule has 0 aliphatic heterocycles. The molecule has 0 aromatic heterocycles. The summed E-state index contributed by atoms with van der Waals surface area (Å²) in [5, 5.41) is 0. The molecule has 0 heterocycles. The van der Waals surface area contributed by atoms with Crippen molar-refractivity contribution >= 4 is 102 Å². The number of hydrogen-bond acceptors (Lipinski definition) is 0. The van der Waals surface area contributed by atoms with Gasteiger partial charge in [0.05, 0.1) is 0 Å². The molecule has 0 nitrogen and oxygen atoms in total. The first-order chi connectivity index (χ1) is 7.41. The summed E-state index contributed by atoms with van der Waals surface area (Å²) in [6, 6.07) is 0. The maximum atomic E-state index is 2.29. The number of halogens is 6. The average Bonchev–Trinajstić information content (AvgIpc) is 2.26. The zero-order chi connectivity index (χ0) is 11.2. The van der Waals surface area contributed by atoms with Gasteiger partial charge < -0.3 is 0 Å². The smallest absolute Gasteiger partial charge is 0.0533 e. The molecular weight excluding hydrogens is 660 g/mol. The van der Waals surface area contributed by atoms with Gasteiger partial charge in [0.1, 0.15) is 0 Å². The van der Waals surface area contributed by atoms with Crippen LogP contribution in [0.25, 0.3) is 0 Å². The zero-order valence-electron chi connectivity index (χ0n) is 13.6. The van der Waals surface area contributed by atoms with E-state index in [1.54, 1.807) is 0 Å².